The van der Waals surface area contributed by atoms with Gasteiger partial charge >= 0.3 is 0 Å². The number of halogens is 1. The third kappa shape index (κ3) is 4.59. The van der Waals surface area contributed by atoms with E-state index in [-0.39, 0.29) is 5.54 Å². The fourth-order valence-corrected chi connectivity index (χ4v) is 4.72. The molecule has 0 spiro atoms. The van der Waals surface area contributed by atoms with Gasteiger partial charge in [0.15, 0.2) is 0 Å². The molecule has 1 saturated carbocycles. The van der Waals surface area contributed by atoms with Gasteiger partial charge in [0.25, 0.3) is 0 Å². The minimum absolute atomic E-state index is 0.378. The van der Waals surface area contributed by atoms with Gasteiger partial charge in [0, 0.05) is 33.4 Å². The highest BCUT2D eigenvalue weighted by Crippen LogP contribution is 2.45. The molecule has 0 saturated heterocycles. The van der Waals surface area contributed by atoms with Crippen LogP contribution in [-0.2, 0) is 5.54 Å². The van der Waals surface area contributed by atoms with Gasteiger partial charge in [-0.25, -0.2) is 0 Å². The molecule has 3 aromatic carbocycles. The molecule has 0 amide bonds. The number of hydrogen-bond donors (Lipinski definition) is 2. The Hall–Kier alpha value is -3.14. The Balaban J connectivity index is 1.64. The van der Waals surface area contributed by atoms with Gasteiger partial charge < -0.3 is 11.1 Å². The summed E-state index contributed by atoms with van der Waals surface area (Å²) in [4.78, 5) is 4.79. The van der Waals surface area contributed by atoms with E-state index >= 15 is 0 Å². The second-order valence-corrected chi connectivity index (χ2v) is 10.5. The van der Waals surface area contributed by atoms with E-state index in [1.165, 1.54) is 12.8 Å². The van der Waals surface area contributed by atoms with Crippen LogP contribution in [0.3, 0.4) is 0 Å². The standard InChI is InChI=1S/C30H30ClN3/c1-18-13-22(15-24(31)14-18)21-7-12-28-26(16-21)29(27(17-33-28)19(2)20-5-6-20)34-25-10-8-23(9-11-25)30(3,4)32/h7-17,20H,2,5-6,32H2,1,3-4H3,(H,33,34). The number of hydrogen-bond acceptors (Lipinski definition) is 3. The number of nitrogens with two attached hydrogens (primary N) is 1. The summed E-state index contributed by atoms with van der Waals surface area (Å²) in [6, 6.07) is 20.9. The van der Waals surface area contributed by atoms with E-state index in [1.807, 2.05) is 32.2 Å². The first kappa shape index (κ1) is 22.6. The van der Waals surface area contributed by atoms with Crippen LogP contribution in [0.5, 0.6) is 0 Å². The Morgan fingerprint density at radius 3 is 2.41 bits per heavy atom. The molecule has 3 N–H and O–H groups in total. The number of benzene rings is 3. The van der Waals surface area contributed by atoms with Gasteiger partial charge in [-0.3, -0.25) is 4.98 Å². The maximum absolute atomic E-state index is 6.36. The zero-order chi connectivity index (χ0) is 24.0. The predicted octanol–water partition coefficient (Wildman–Crippen LogP) is 8.22. The Labute approximate surface area is 206 Å². The highest BCUT2D eigenvalue weighted by molar-refractivity contribution is 6.31. The van der Waals surface area contributed by atoms with Crippen molar-refractivity contribution < 1.29 is 0 Å². The molecular weight excluding hydrogens is 438 g/mol. The molecule has 1 fully saturated rings. The minimum Gasteiger partial charge on any atom is -0.354 e. The molecule has 0 unspecified atom stereocenters. The van der Waals surface area contributed by atoms with Gasteiger partial charge in [-0.2, -0.15) is 0 Å². The topological polar surface area (TPSA) is 50.9 Å². The molecule has 0 bridgehead atoms. The molecule has 1 aromatic heterocycles. The summed E-state index contributed by atoms with van der Waals surface area (Å²) < 4.78 is 0. The van der Waals surface area contributed by atoms with Crippen molar-refractivity contribution in [3.8, 4) is 11.1 Å². The maximum Gasteiger partial charge on any atom is 0.0723 e. The molecule has 4 aromatic rings. The lowest BCUT2D eigenvalue weighted by atomic mass is 9.95. The number of aryl methyl sites for hydroxylation is 1. The molecular formula is C30H30ClN3. The highest BCUT2D eigenvalue weighted by Gasteiger charge is 2.28. The minimum atomic E-state index is -0.378. The largest absolute Gasteiger partial charge is 0.354 e. The van der Waals surface area contributed by atoms with Gasteiger partial charge in [0.1, 0.15) is 0 Å². The van der Waals surface area contributed by atoms with Crippen LogP contribution in [-0.4, -0.2) is 4.98 Å². The summed E-state index contributed by atoms with van der Waals surface area (Å²) in [7, 11) is 0. The smallest absolute Gasteiger partial charge is 0.0723 e. The first-order chi connectivity index (χ1) is 16.2. The second-order valence-electron chi connectivity index (χ2n) is 10.0. The van der Waals surface area contributed by atoms with Crippen LogP contribution in [0.1, 0.15) is 43.4 Å². The number of allylic oxidation sites excluding steroid dienone is 1. The Morgan fingerprint density at radius 1 is 1.03 bits per heavy atom. The normalized spacial score (nSPS) is 13.8. The van der Waals surface area contributed by atoms with E-state index < -0.39 is 0 Å². The molecule has 1 aliphatic rings. The zero-order valence-corrected chi connectivity index (χ0v) is 20.7. The Morgan fingerprint density at radius 2 is 1.76 bits per heavy atom. The van der Waals surface area contributed by atoms with Crippen molar-refractivity contribution in [1.29, 1.82) is 0 Å². The van der Waals surface area contributed by atoms with E-state index in [0.29, 0.717) is 5.92 Å². The van der Waals surface area contributed by atoms with Crippen molar-refractivity contribution in [3.05, 3.63) is 95.2 Å². The van der Waals surface area contributed by atoms with Crippen molar-refractivity contribution in [2.75, 3.05) is 5.32 Å². The number of nitrogens with zero attached hydrogens (tertiary/aromatic N) is 1. The first-order valence-electron chi connectivity index (χ1n) is 11.7. The number of fused-ring (bicyclic) bond motifs is 1. The number of anilines is 2. The second kappa shape index (κ2) is 8.57. The fourth-order valence-electron chi connectivity index (χ4n) is 4.43. The molecule has 4 heteroatoms. The summed E-state index contributed by atoms with van der Waals surface area (Å²) in [5.41, 5.74) is 15.6. The summed E-state index contributed by atoms with van der Waals surface area (Å²) in [5, 5.41) is 5.50. The van der Waals surface area contributed by atoms with E-state index in [2.05, 4.69) is 67.4 Å². The maximum atomic E-state index is 6.36. The zero-order valence-electron chi connectivity index (χ0n) is 20.0. The van der Waals surface area contributed by atoms with Crippen LogP contribution in [0.4, 0.5) is 11.4 Å². The third-order valence-corrected chi connectivity index (χ3v) is 6.78. The average Bonchev–Trinajstić information content (AvgIpc) is 3.63. The van der Waals surface area contributed by atoms with Crippen molar-refractivity contribution in [2.45, 2.75) is 39.2 Å². The van der Waals surface area contributed by atoms with Crippen molar-refractivity contribution >= 4 is 39.5 Å². The molecule has 0 atom stereocenters. The van der Waals surface area contributed by atoms with Gasteiger partial charge in [0.2, 0.25) is 0 Å². The average molecular weight is 468 g/mol. The van der Waals surface area contributed by atoms with E-state index in [9.17, 15) is 0 Å². The lowest BCUT2D eigenvalue weighted by Gasteiger charge is -2.20. The number of aromatic nitrogens is 1. The first-order valence-corrected chi connectivity index (χ1v) is 12.1. The lowest BCUT2D eigenvalue weighted by molar-refractivity contribution is 0.554. The Kier molecular flexibility index (Phi) is 5.71. The van der Waals surface area contributed by atoms with E-state index in [4.69, 9.17) is 22.3 Å². The summed E-state index contributed by atoms with van der Waals surface area (Å²) in [5.74, 6) is 0.541. The molecule has 0 radical (unpaired) electrons. The lowest BCUT2D eigenvalue weighted by Crippen LogP contribution is -2.28. The SMILES string of the molecule is C=C(c1cnc2ccc(-c3cc(C)cc(Cl)c3)cc2c1Nc1ccc(C(C)(C)N)cc1)C1CC1. The molecule has 0 aliphatic heterocycles. The van der Waals surface area contributed by atoms with Crippen LogP contribution in [0.2, 0.25) is 5.02 Å². The number of pyridine rings is 1. The number of rotatable bonds is 6. The summed E-state index contributed by atoms with van der Waals surface area (Å²) in [6.45, 7) is 10.5. The predicted molar refractivity (Wildman–Crippen MR) is 146 cm³/mol. The van der Waals surface area contributed by atoms with Gasteiger partial charge in [-0.15, -0.1) is 0 Å². The van der Waals surface area contributed by atoms with Gasteiger partial charge in [-0.1, -0.05) is 42.4 Å². The van der Waals surface area contributed by atoms with Crippen LogP contribution in [0, 0.1) is 12.8 Å². The fraction of sp³-hybridized carbons (Fsp3) is 0.233. The molecule has 34 heavy (non-hydrogen) atoms. The number of nitrogens with one attached hydrogen (secondary N) is 1. The van der Waals surface area contributed by atoms with Crippen LogP contribution >= 0.6 is 11.6 Å². The van der Waals surface area contributed by atoms with Crippen molar-refractivity contribution in [1.82, 2.24) is 4.98 Å². The highest BCUT2D eigenvalue weighted by atomic mass is 35.5. The molecule has 5 rings (SSSR count). The monoisotopic (exact) mass is 467 g/mol. The van der Waals surface area contributed by atoms with Crippen LogP contribution < -0.4 is 11.1 Å². The van der Waals surface area contributed by atoms with Gasteiger partial charge in [0.05, 0.1) is 11.2 Å². The van der Waals surface area contributed by atoms with Crippen molar-refractivity contribution in [2.24, 2.45) is 11.7 Å². The van der Waals surface area contributed by atoms with Crippen molar-refractivity contribution in [3.63, 3.8) is 0 Å². The van der Waals surface area contributed by atoms with E-state index in [1.54, 1.807) is 0 Å². The van der Waals surface area contributed by atoms with E-state index in [0.717, 1.165) is 60.7 Å². The molecule has 1 heterocycles. The molecule has 172 valence electrons. The van der Waals surface area contributed by atoms with Gasteiger partial charge in [-0.05, 0) is 104 Å². The molecule has 3 nitrogen and oxygen atoms in total. The van der Waals surface area contributed by atoms with Crippen LogP contribution in [0.15, 0.2) is 73.4 Å². The van der Waals surface area contributed by atoms with Crippen LogP contribution in [0.25, 0.3) is 27.6 Å². The summed E-state index contributed by atoms with van der Waals surface area (Å²) in [6.07, 6.45) is 4.35. The quantitative estimate of drug-likeness (QED) is 0.300. The Bertz CT molecular complexity index is 1370. The molecule has 1 aliphatic carbocycles. The third-order valence-electron chi connectivity index (χ3n) is 6.56. The summed E-state index contributed by atoms with van der Waals surface area (Å²) >= 11 is 6.36.